The van der Waals surface area contributed by atoms with Crippen LogP contribution in [0.5, 0.6) is 0 Å². The highest BCUT2D eigenvalue weighted by molar-refractivity contribution is 14.1. The van der Waals surface area contributed by atoms with Crippen molar-refractivity contribution in [3.05, 3.63) is 3.70 Å². The van der Waals surface area contributed by atoms with E-state index in [0.29, 0.717) is 17.8 Å². The lowest BCUT2D eigenvalue weighted by Gasteiger charge is -2.31. The second kappa shape index (κ2) is 4.22. The smallest absolute Gasteiger partial charge is 0.224 e. The van der Waals surface area contributed by atoms with E-state index in [4.69, 9.17) is 11.5 Å². The van der Waals surface area contributed by atoms with Crippen LogP contribution in [-0.2, 0) is 0 Å². The zero-order valence-electron chi connectivity index (χ0n) is 10.1. The van der Waals surface area contributed by atoms with Gasteiger partial charge in [-0.1, -0.05) is 6.42 Å². The van der Waals surface area contributed by atoms with Gasteiger partial charge in [0.15, 0.2) is 5.65 Å². The molecule has 0 amide bonds. The molecule has 96 valence electrons. The molecule has 1 fully saturated rings. The predicted molar refractivity (Wildman–Crippen MR) is 78.9 cm³/mol. The van der Waals surface area contributed by atoms with Crippen LogP contribution in [0.2, 0.25) is 0 Å². The van der Waals surface area contributed by atoms with Crippen molar-refractivity contribution in [3.8, 4) is 0 Å². The summed E-state index contributed by atoms with van der Waals surface area (Å²) < 4.78 is 2.79. The molecule has 1 atom stereocenters. The Morgan fingerprint density at radius 1 is 1.33 bits per heavy atom. The number of anilines is 2. The van der Waals surface area contributed by atoms with E-state index < -0.39 is 0 Å². The Balaban J connectivity index is 2.17. The topological polar surface area (TPSA) is 95.6 Å². The molecule has 7 heteroatoms. The molecule has 0 saturated heterocycles. The Hall–Kier alpha value is -1.12. The lowest BCUT2D eigenvalue weighted by molar-refractivity contribution is 0.213. The van der Waals surface area contributed by atoms with Crippen LogP contribution < -0.4 is 11.5 Å². The van der Waals surface area contributed by atoms with Gasteiger partial charge in [-0.15, -0.1) is 0 Å². The maximum absolute atomic E-state index is 5.90. The Labute approximate surface area is 118 Å². The van der Waals surface area contributed by atoms with Gasteiger partial charge in [0.05, 0.1) is 11.4 Å². The van der Waals surface area contributed by atoms with Crippen LogP contribution in [-0.4, -0.2) is 19.7 Å². The fourth-order valence-corrected chi connectivity index (χ4v) is 3.19. The third-order valence-electron chi connectivity index (χ3n) is 3.77. The molecule has 0 radical (unpaired) electrons. The van der Waals surface area contributed by atoms with Gasteiger partial charge in [-0.05, 0) is 48.3 Å². The van der Waals surface area contributed by atoms with Gasteiger partial charge in [-0.25, -0.2) is 4.68 Å². The van der Waals surface area contributed by atoms with Gasteiger partial charge in [0, 0.05) is 0 Å². The van der Waals surface area contributed by atoms with Crippen LogP contribution >= 0.6 is 22.6 Å². The van der Waals surface area contributed by atoms with Crippen molar-refractivity contribution in [2.75, 3.05) is 11.5 Å². The molecule has 0 spiro atoms. The number of halogens is 1. The number of hydrogen-bond acceptors (Lipinski definition) is 5. The average molecular weight is 358 g/mol. The molecule has 1 aliphatic carbocycles. The fourth-order valence-electron chi connectivity index (χ4n) is 2.44. The Morgan fingerprint density at radius 3 is 2.67 bits per heavy atom. The number of nitrogens with zero attached hydrogens (tertiary/aromatic N) is 4. The van der Waals surface area contributed by atoms with Gasteiger partial charge in [0.1, 0.15) is 9.52 Å². The SMILES string of the molecule is CC(C1CCC1)n1nc(I)c2c(N)nc(N)nc21. The summed E-state index contributed by atoms with van der Waals surface area (Å²) in [5, 5.41) is 5.38. The monoisotopic (exact) mass is 358 g/mol. The Bertz CT molecular complexity index is 603. The highest BCUT2D eigenvalue weighted by atomic mass is 127. The molecular formula is C11H15IN6. The molecule has 1 aliphatic rings. The number of rotatable bonds is 2. The molecule has 2 aromatic heterocycles. The van der Waals surface area contributed by atoms with Crippen molar-refractivity contribution >= 4 is 45.4 Å². The minimum Gasteiger partial charge on any atom is -0.383 e. The van der Waals surface area contributed by atoms with E-state index in [9.17, 15) is 0 Å². The van der Waals surface area contributed by atoms with Crippen molar-refractivity contribution < 1.29 is 0 Å². The van der Waals surface area contributed by atoms with Crippen LogP contribution in [0.4, 0.5) is 11.8 Å². The summed E-state index contributed by atoms with van der Waals surface area (Å²) in [6.07, 6.45) is 3.83. The number of hydrogen-bond donors (Lipinski definition) is 2. The number of aromatic nitrogens is 4. The maximum Gasteiger partial charge on any atom is 0.224 e. The third-order valence-corrected chi connectivity index (χ3v) is 4.53. The minimum atomic E-state index is 0.207. The van der Waals surface area contributed by atoms with Gasteiger partial charge in [0.25, 0.3) is 0 Å². The summed E-state index contributed by atoms with van der Waals surface area (Å²) in [5.74, 6) is 1.30. The van der Waals surface area contributed by atoms with Crippen LogP contribution in [0.3, 0.4) is 0 Å². The van der Waals surface area contributed by atoms with Crippen LogP contribution in [0.25, 0.3) is 11.0 Å². The zero-order valence-corrected chi connectivity index (χ0v) is 12.3. The standard InChI is InChI=1S/C11H15IN6/c1-5(6-3-2-4-6)18-10-7(8(12)17-18)9(13)15-11(14)16-10/h5-6H,2-4H2,1H3,(H4,13,14,15,16). The van der Waals surface area contributed by atoms with E-state index in [1.165, 1.54) is 19.3 Å². The molecule has 18 heavy (non-hydrogen) atoms. The average Bonchev–Trinajstić information content (AvgIpc) is 2.52. The summed E-state index contributed by atoms with van der Waals surface area (Å²) in [5.41, 5.74) is 12.3. The molecule has 0 bridgehead atoms. The predicted octanol–water partition coefficient (Wildman–Crippen LogP) is 1.96. The van der Waals surface area contributed by atoms with Crippen molar-refractivity contribution in [1.29, 1.82) is 0 Å². The molecule has 4 N–H and O–H groups in total. The number of fused-ring (bicyclic) bond motifs is 1. The van der Waals surface area contributed by atoms with E-state index in [0.717, 1.165) is 14.7 Å². The van der Waals surface area contributed by atoms with Crippen LogP contribution in [0.15, 0.2) is 0 Å². The number of nitrogen functional groups attached to an aromatic ring is 2. The fraction of sp³-hybridized carbons (Fsp3) is 0.545. The van der Waals surface area contributed by atoms with E-state index >= 15 is 0 Å². The van der Waals surface area contributed by atoms with Gasteiger partial charge >= 0.3 is 0 Å². The highest BCUT2D eigenvalue weighted by Crippen LogP contribution is 2.37. The second-order valence-electron chi connectivity index (χ2n) is 4.83. The van der Waals surface area contributed by atoms with Crippen molar-refractivity contribution in [3.63, 3.8) is 0 Å². The first-order valence-electron chi connectivity index (χ1n) is 6.04. The molecule has 1 saturated carbocycles. The molecule has 1 unspecified atom stereocenters. The van der Waals surface area contributed by atoms with Gasteiger partial charge in [-0.3, -0.25) is 0 Å². The molecule has 0 aromatic carbocycles. The minimum absolute atomic E-state index is 0.207. The summed E-state index contributed by atoms with van der Waals surface area (Å²) in [7, 11) is 0. The van der Waals surface area contributed by atoms with Crippen LogP contribution in [0.1, 0.15) is 32.2 Å². The van der Waals surface area contributed by atoms with Crippen molar-refractivity contribution in [2.45, 2.75) is 32.2 Å². The van der Waals surface area contributed by atoms with E-state index in [2.05, 4.69) is 44.6 Å². The zero-order chi connectivity index (χ0) is 12.9. The molecule has 0 aliphatic heterocycles. The first kappa shape index (κ1) is 11.9. The van der Waals surface area contributed by atoms with E-state index in [1.807, 2.05) is 4.68 Å². The van der Waals surface area contributed by atoms with E-state index in [1.54, 1.807) is 0 Å². The molecule has 2 heterocycles. The molecule has 3 rings (SSSR count). The third kappa shape index (κ3) is 1.72. The first-order chi connectivity index (χ1) is 8.58. The lowest BCUT2D eigenvalue weighted by atomic mass is 9.80. The van der Waals surface area contributed by atoms with E-state index in [-0.39, 0.29) is 5.95 Å². The normalized spacial score (nSPS) is 17.9. The van der Waals surface area contributed by atoms with Crippen LogP contribution in [0, 0.1) is 9.62 Å². The number of nitrogens with two attached hydrogens (primary N) is 2. The Kier molecular flexibility index (Phi) is 2.80. The van der Waals surface area contributed by atoms with Crippen molar-refractivity contribution in [1.82, 2.24) is 19.7 Å². The summed E-state index contributed by atoms with van der Waals surface area (Å²) >= 11 is 2.17. The van der Waals surface area contributed by atoms with Gasteiger partial charge < -0.3 is 11.5 Å². The quantitative estimate of drug-likeness (QED) is 0.800. The largest absolute Gasteiger partial charge is 0.383 e. The van der Waals surface area contributed by atoms with Crippen molar-refractivity contribution in [2.24, 2.45) is 5.92 Å². The summed E-state index contributed by atoms with van der Waals surface area (Å²) in [6.45, 7) is 2.18. The first-order valence-corrected chi connectivity index (χ1v) is 7.12. The van der Waals surface area contributed by atoms with Gasteiger partial charge in [0.2, 0.25) is 5.95 Å². The highest BCUT2D eigenvalue weighted by Gasteiger charge is 2.28. The second-order valence-corrected chi connectivity index (χ2v) is 5.85. The molecular weight excluding hydrogens is 343 g/mol. The summed E-state index contributed by atoms with van der Waals surface area (Å²) in [6, 6.07) is 0.332. The lowest BCUT2D eigenvalue weighted by Crippen LogP contribution is -2.24. The Morgan fingerprint density at radius 2 is 2.06 bits per heavy atom. The molecule has 2 aromatic rings. The summed E-state index contributed by atoms with van der Waals surface area (Å²) in [4.78, 5) is 8.30. The maximum atomic E-state index is 5.90. The van der Waals surface area contributed by atoms with Gasteiger partial charge in [-0.2, -0.15) is 15.1 Å². The molecule has 6 nitrogen and oxygen atoms in total.